The second kappa shape index (κ2) is 6.71. The van der Waals surface area contributed by atoms with Crippen LogP contribution in [0.2, 0.25) is 0 Å². The van der Waals surface area contributed by atoms with Crippen LogP contribution in [0.3, 0.4) is 0 Å². The molecule has 0 spiro atoms. The lowest BCUT2D eigenvalue weighted by molar-refractivity contribution is -0.402. The normalized spacial score (nSPS) is 21.0. The quantitative estimate of drug-likeness (QED) is 0.664. The van der Waals surface area contributed by atoms with Crippen molar-refractivity contribution in [3.05, 3.63) is 28.0 Å². The molecule has 0 radical (unpaired) electrons. The van der Waals surface area contributed by atoms with Crippen molar-refractivity contribution < 1.29 is 14.1 Å². The molecule has 1 aromatic rings. The summed E-state index contributed by atoms with van der Waals surface area (Å²) in [6.45, 7) is 5.82. The number of hydrogen-bond acceptors (Lipinski definition) is 5. The average Bonchev–Trinajstić information content (AvgIpc) is 2.95. The molecule has 2 heterocycles. The van der Waals surface area contributed by atoms with E-state index in [-0.39, 0.29) is 11.8 Å². The van der Waals surface area contributed by atoms with Crippen LogP contribution in [0.5, 0.6) is 0 Å². The van der Waals surface area contributed by atoms with E-state index in [9.17, 15) is 14.9 Å². The van der Waals surface area contributed by atoms with Crippen LogP contribution in [0.15, 0.2) is 16.5 Å². The van der Waals surface area contributed by atoms with Crippen molar-refractivity contribution in [2.24, 2.45) is 0 Å². The fourth-order valence-corrected chi connectivity index (χ4v) is 2.77. The predicted molar refractivity (Wildman–Crippen MR) is 77.2 cm³/mol. The second-order valence-electron chi connectivity index (χ2n) is 5.54. The first-order valence-electron chi connectivity index (χ1n) is 7.27. The highest BCUT2D eigenvalue weighted by Gasteiger charge is 2.24. The van der Waals surface area contributed by atoms with E-state index in [1.54, 1.807) is 0 Å². The zero-order valence-electron chi connectivity index (χ0n) is 12.4. The first-order chi connectivity index (χ1) is 9.99. The third-order valence-electron chi connectivity index (χ3n) is 3.97. The van der Waals surface area contributed by atoms with Gasteiger partial charge in [0.25, 0.3) is 5.91 Å². The first-order valence-corrected chi connectivity index (χ1v) is 7.27. The fraction of sp³-hybridized carbons (Fsp3) is 0.643. The molecule has 1 fully saturated rings. The number of furan rings is 1. The number of piperidine rings is 1. The molecule has 7 nitrogen and oxygen atoms in total. The van der Waals surface area contributed by atoms with Crippen molar-refractivity contribution in [1.82, 2.24) is 10.2 Å². The molecule has 1 amide bonds. The molecule has 0 bridgehead atoms. The Morgan fingerprint density at radius 1 is 1.57 bits per heavy atom. The minimum absolute atomic E-state index is 0.0272. The highest BCUT2D eigenvalue weighted by atomic mass is 16.6. The maximum atomic E-state index is 11.9. The zero-order chi connectivity index (χ0) is 15.4. The summed E-state index contributed by atoms with van der Waals surface area (Å²) in [5.41, 5.74) is 0. The Bertz CT molecular complexity index is 514. The van der Waals surface area contributed by atoms with Gasteiger partial charge in [0, 0.05) is 18.6 Å². The molecule has 0 aliphatic carbocycles. The molecule has 1 aromatic heterocycles. The summed E-state index contributed by atoms with van der Waals surface area (Å²) in [6.07, 6.45) is 3.63. The Morgan fingerprint density at radius 3 is 2.95 bits per heavy atom. The van der Waals surface area contributed by atoms with E-state index in [1.807, 2.05) is 0 Å². The van der Waals surface area contributed by atoms with Crippen LogP contribution >= 0.6 is 0 Å². The van der Waals surface area contributed by atoms with Gasteiger partial charge in [0.2, 0.25) is 0 Å². The van der Waals surface area contributed by atoms with Crippen LogP contribution in [-0.4, -0.2) is 40.9 Å². The molecular formula is C14H21N3O4. The number of nitrogens with one attached hydrogen (secondary N) is 1. The Balaban J connectivity index is 1.86. The topological polar surface area (TPSA) is 88.6 Å². The number of likely N-dealkylation sites (tertiary alicyclic amines) is 1. The van der Waals surface area contributed by atoms with E-state index in [2.05, 4.69) is 24.1 Å². The van der Waals surface area contributed by atoms with E-state index in [0.717, 1.165) is 6.54 Å². The van der Waals surface area contributed by atoms with Crippen LogP contribution in [0, 0.1) is 10.1 Å². The number of carbonyl (C=O) groups excluding carboxylic acids is 1. The summed E-state index contributed by atoms with van der Waals surface area (Å²) >= 11 is 0. The van der Waals surface area contributed by atoms with Gasteiger partial charge in [-0.05, 0) is 39.3 Å². The lowest BCUT2D eigenvalue weighted by Crippen LogP contribution is -2.48. The maximum Gasteiger partial charge on any atom is 0.433 e. The Labute approximate surface area is 123 Å². The molecule has 2 atom stereocenters. The maximum absolute atomic E-state index is 11.9. The van der Waals surface area contributed by atoms with E-state index < -0.39 is 16.7 Å². The first kappa shape index (κ1) is 15.5. The lowest BCUT2D eigenvalue weighted by Gasteiger charge is -2.38. The minimum atomic E-state index is -0.658. The summed E-state index contributed by atoms with van der Waals surface area (Å²) in [5, 5.41) is 13.3. The average molecular weight is 295 g/mol. The lowest BCUT2D eigenvalue weighted by atomic mass is 10.0. The van der Waals surface area contributed by atoms with Crippen LogP contribution in [-0.2, 0) is 0 Å². The smallest absolute Gasteiger partial charge is 0.395 e. The van der Waals surface area contributed by atoms with Gasteiger partial charge in [0.1, 0.15) is 4.92 Å². The number of hydrogen-bond donors (Lipinski definition) is 1. The molecule has 116 valence electrons. The highest BCUT2D eigenvalue weighted by Crippen LogP contribution is 2.19. The van der Waals surface area contributed by atoms with Crippen molar-refractivity contribution in [3.8, 4) is 0 Å². The molecule has 0 saturated carbocycles. The largest absolute Gasteiger partial charge is 0.433 e. The van der Waals surface area contributed by atoms with Gasteiger partial charge in [-0.2, -0.15) is 0 Å². The number of nitrogens with zero attached hydrogens (tertiary/aromatic N) is 2. The molecule has 7 heteroatoms. The van der Waals surface area contributed by atoms with Crippen molar-refractivity contribution in [3.63, 3.8) is 0 Å². The van der Waals surface area contributed by atoms with E-state index >= 15 is 0 Å². The van der Waals surface area contributed by atoms with Gasteiger partial charge in [-0.3, -0.25) is 19.8 Å². The van der Waals surface area contributed by atoms with Gasteiger partial charge in [0.15, 0.2) is 5.76 Å². The predicted octanol–water partition coefficient (Wildman–Crippen LogP) is 2.18. The Morgan fingerprint density at radius 2 is 2.33 bits per heavy atom. The summed E-state index contributed by atoms with van der Waals surface area (Å²) < 4.78 is 4.88. The molecule has 1 aliphatic heterocycles. The van der Waals surface area contributed by atoms with E-state index in [0.29, 0.717) is 12.6 Å². The van der Waals surface area contributed by atoms with Gasteiger partial charge >= 0.3 is 5.88 Å². The summed E-state index contributed by atoms with van der Waals surface area (Å²) in [6, 6.07) is 3.26. The van der Waals surface area contributed by atoms with E-state index in [1.165, 1.54) is 31.4 Å². The van der Waals surface area contributed by atoms with Crippen LogP contribution in [0.25, 0.3) is 0 Å². The van der Waals surface area contributed by atoms with Crippen molar-refractivity contribution >= 4 is 11.8 Å². The summed E-state index contributed by atoms with van der Waals surface area (Å²) in [5.74, 6) is -0.863. The van der Waals surface area contributed by atoms with Gasteiger partial charge in [-0.1, -0.05) is 6.42 Å². The number of rotatable bonds is 5. The van der Waals surface area contributed by atoms with Gasteiger partial charge in [0.05, 0.1) is 6.07 Å². The highest BCUT2D eigenvalue weighted by molar-refractivity contribution is 5.91. The summed E-state index contributed by atoms with van der Waals surface area (Å²) in [7, 11) is 0. The van der Waals surface area contributed by atoms with Gasteiger partial charge in [-0.25, -0.2) is 0 Å². The van der Waals surface area contributed by atoms with E-state index in [4.69, 9.17) is 4.42 Å². The van der Waals surface area contributed by atoms with Crippen molar-refractivity contribution in [1.29, 1.82) is 0 Å². The van der Waals surface area contributed by atoms with Crippen LogP contribution in [0.1, 0.15) is 43.7 Å². The van der Waals surface area contributed by atoms with Crippen LogP contribution < -0.4 is 5.32 Å². The Kier molecular flexibility index (Phi) is 4.95. The SMILES string of the molecule is C[C@@H]1CCCCN1[C@H](C)CNC(=O)c1ccc([N+](=O)[O-])o1. The van der Waals surface area contributed by atoms with Crippen molar-refractivity contribution in [2.75, 3.05) is 13.1 Å². The van der Waals surface area contributed by atoms with Crippen LogP contribution in [0.4, 0.5) is 5.88 Å². The third kappa shape index (κ3) is 3.81. The molecule has 1 saturated heterocycles. The Hall–Kier alpha value is -1.89. The molecule has 1 N–H and O–H groups in total. The third-order valence-corrected chi connectivity index (χ3v) is 3.97. The zero-order valence-corrected chi connectivity index (χ0v) is 12.4. The number of nitro groups is 1. The van der Waals surface area contributed by atoms with Gasteiger partial charge < -0.3 is 9.73 Å². The second-order valence-corrected chi connectivity index (χ2v) is 5.54. The fourth-order valence-electron chi connectivity index (χ4n) is 2.77. The minimum Gasteiger partial charge on any atom is -0.395 e. The monoisotopic (exact) mass is 295 g/mol. The molecule has 1 aliphatic rings. The molecule has 21 heavy (non-hydrogen) atoms. The molecule has 0 unspecified atom stereocenters. The standard InChI is InChI=1S/C14H21N3O4/c1-10-5-3-4-8-16(10)11(2)9-15-14(18)12-6-7-13(21-12)17(19)20/h6-7,10-11H,3-5,8-9H2,1-2H3,(H,15,18)/t10-,11-/m1/s1. The number of amides is 1. The number of carbonyl (C=O) groups is 1. The molecular weight excluding hydrogens is 274 g/mol. The van der Waals surface area contributed by atoms with Gasteiger partial charge in [-0.15, -0.1) is 0 Å². The van der Waals surface area contributed by atoms with Crippen molar-refractivity contribution in [2.45, 2.75) is 45.2 Å². The molecule has 2 rings (SSSR count). The molecule has 0 aromatic carbocycles. The summed E-state index contributed by atoms with van der Waals surface area (Å²) in [4.78, 5) is 24.1.